The molecule has 0 atom stereocenters. The molecule has 4 rings (SSSR count). The monoisotopic (exact) mass is 334 g/mol. The molecule has 1 fully saturated rings. The second kappa shape index (κ2) is 6.82. The SMILES string of the molecule is O=c1c(N2CCNCC2)nccn1-c1ccc(-c2ncccn2)cc1. The number of nitrogens with zero attached hydrogens (tertiary/aromatic N) is 5. The van der Waals surface area contributed by atoms with Crippen LogP contribution in [0, 0.1) is 0 Å². The number of rotatable bonds is 3. The Bertz CT molecular complexity index is 901. The lowest BCUT2D eigenvalue weighted by Gasteiger charge is -2.27. The van der Waals surface area contributed by atoms with Crippen molar-refractivity contribution in [2.45, 2.75) is 0 Å². The summed E-state index contributed by atoms with van der Waals surface area (Å²) in [5, 5.41) is 3.28. The van der Waals surface area contributed by atoms with Gasteiger partial charge in [-0.1, -0.05) is 0 Å². The molecule has 0 amide bonds. The van der Waals surface area contributed by atoms with E-state index < -0.39 is 0 Å². The van der Waals surface area contributed by atoms with Crippen LogP contribution in [0.4, 0.5) is 5.82 Å². The van der Waals surface area contributed by atoms with E-state index in [1.807, 2.05) is 29.2 Å². The van der Waals surface area contributed by atoms with Gasteiger partial charge in [0.1, 0.15) is 0 Å². The quantitative estimate of drug-likeness (QED) is 0.773. The Morgan fingerprint density at radius 1 is 0.920 bits per heavy atom. The number of benzene rings is 1. The van der Waals surface area contributed by atoms with Crippen molar-refractivity contribution in [1.82, 2.24) is 24.8 Å². The zero-order valence-electron chi connectivity index (χ0n) is 13.7. The fraction of sp³-hybridized carbons (Fsp3) is 0.222. The number of aromatic nitrogens is 4. The van der Waals surface area contributed by atoms with E-state index in [0.29, 0.717) is 11.6 Å². The van der Waals surface area contributed by atoms with E-state index >= 15 is 0 Å². The van der Waals surface area contributed by atoms with Crippen molar-refractivity contribution in [2.75, 3.05) is 31.1 Å². The van der Waals surface area contributed by atoms with Crippen LogP contribution in [-0.2, 0) is 0 Å². The topological polar surface area (TPSA) is 75.9 Å². The first-order chi connectivity index (χ1) is 12.3. The molecule has 0 saturated carbocycles. The van der Waals surface area contributed by atoms with Crippen molar-refractivity contribution >= 4 is 5.82 Å². The summed E-state index contributed by atoms with van der Waals surface area (Å²) in [5.41, 5.74) is 1.60. The van der Waals surface area contributed by atoms with Gasteiger partial charge in [0.05, 0.1) is 0 Å². The molecule has 3 aromatic rings. The number of hydrogen-bond donors (Lipinski definition) is 1. The van der Waals surface area contributed by atoms with Crippen LogP contribution >= 0.6 is 0 Å². The summed E-state index contributed by atoms with van der Waals surface area (Å²) in [6, 6.07) is 9.42. The van der Waals surface area contributed by atoms with E-state index in [-0.39, 0.29) is 5.56 Å². The Balaban J connectivity index is 1.67. The van der Waals surface area contributed by atoms with E-state index in [2.05, 4.69) is 20.3 Å². The summed E-state index contributed by atoms with van der Waals surface area (Å²) in [6.45, 7) is 3.30. The van der Waals surface area contributed by atoms with Gasteiger partial charge in [-0.25, -0.2) is 15.0 Å². The highest BCUT2D eigenvalue weighted by Gasteiger charge is 2.16. The average molecular weight is 334 g/mol. The largest absolute Gasteiger partial charge is 0.349 e. The molecule has 0 unspecified atom stereocenters. The average Bonchev–Trinajstić information content (AvgIpc) is 2.70. The summed E-state index contributed by atoms with van der Waals surface area (Å²) >= 11 is 0. The number of hydrogen-bond acceptors (Lipinski definition) is 6. The molecule has 126 valence electrons. The predicted octanol–water partition coefficient (Wildman–Crippen LogP) is 1.10. The molecule has 1 N–H and O–H groups in total. The van der Waals surface area contributed by atoms with Crippen LogP contribution < -0.4 is 15.8 Å². The maximum Gasteiger partial charge on any atom is 0.298 e. The van der Waals surface area contributed by atoms with Gasteiger partial charge in [-0.2, -0.15) is 0 Å². The maximum atomic E-state index is 12.8. The van der Waals surface area contributed by atoms with E-state index in [1.54, 1.807) is 35.4 Å². The minimum absolute atomic E-state index is 0.104. The third kappa shape index (κ3) is 3.14. The molecule has 3 heterocycles. The zero-order valence-corrected chi connectivity index (χ0v) is 13.7. The van der Waals surface area contributed by atoms with Crippen molar-refractivity contribution in [3.63, 3.8) is 0 Å². The highest BCUT2D eigenvalue weighted by molar-refractivity contribution is 5.57. The lowest BCUT2D eigenvalue weighted by molar-refractivity contribution is 0.581. The third-order valence-electron chi connectivity index (χ3n) is 4.21. The molecule has 25 heavy (non-hydrogen) atoms. The second-order valence-corrected chi connectivity index (χ2v) is 5.78. The lowest BCUT2D eigenvalue weighted by atomic mass is 10.2. The molecule has 1 aliphatic heterocycles. The Kier molecular flexibility index (Phi) is 4.22. The summed E-state index contributed by atoms with van der Waals surface area (Å²) in [6.07, 6.45) is 6.79. The highest BCUT2D eigenvalue weighted by atomic mass is 16.1. The van der Waals surface area contributed by atoms with Crippen LogP contribution in [0.5, 0.6) is 0 Å². The van der Waals surface area contributed by atoms with Crippen LogP contribution in [0.2, 0.25) is 0 Å². The molecule has 2 aromatic heterocycles. The normalized spacial score (nSPS) is 14.5. The minimum Gasteiger partial charge on any atom is -0.349 e. The lowest BCUT2D eigenvalue weighted by Crippen LogP contribution is -2.46. The van der Waals surface area contributed by atoms with Gasteiger partial charge in [-0.15, -0.1) is 0 Å². The van der Waals surface area contributed by atoms with Gasteiger partial charge in [0, 0.05) is 62.2 Å². The molecule has 0 radical (unpaired) electrons. The van der Waals surface area contributed by atoms with E-state index in [4.69, 9.17) is 0 Å². The van der Waals surface area contributed by atoms with Crippen molar-refractivity contribution < 1.29 is 0 Å². The standard InChI is InChI=1S/C18H18N6O/c25-18-17(23-11-8-19-9-12-23)22-10-13-24(18)15-4-2-14(3-5-15)16-20-6-1-7-21-16/h1-7,10,13,19H,8-9,11-12H2. The zero-order chi connectivity index (χ0) is 17.1. The third-order valence-corrected chi connectivity index (χ3v) is 4.21. The fourth-order valence-corrected chi connectivity index (χ4v) is 2.92. The molecular weight excluding hydrogens is 316 g/mol. The first-order valence-electron chi connectivity index (χ1n) is 8.24. The first kappa shape index (κ1) is 15.5. The molecule has 1 aromatic carbocycles. The molecule has 1 aliphatic rings. The summed E-state index contributed by atoms with van der Waals surface area (Å²) < 4.78 is 1.62. The van der Waals surface area contributed by atoms with Crippen molar-refractivity contribution in [2.24, 2.45) is 0 Å². The van der Waals surface area contributed by atoms with Crippen LogP contribution in [0.25, 0.3) is 17.1 Å². The van der Waals surface area contributed by atoms with Crippen LogP contribution in [0.3, 0.4) is 0 Å². The van der Waals surface area contributed by atoms with Crippen molar-refractivity contribution in [3.8, 4) is 17.1 Å². The van der Waals surface area contributed by atoms with E-state index in [1.165, 1.54) is 0 Å². The van der Waals surface area contributed by atoms with Gasteiger partial charge in [0.25, 0.3) is 5.56 Å². The van der Waals surface area contributed by atoms with Gasteiger partial charge in [-0.3, -0.25) is 9.36 Å². The number of nitrogens with one attached hydrogen (secondary N) is 1. The molecule has 0 aliphatic carbocycles. The van der Waals surface area contributed by atoms with E-state index in [0.717, 1.165) is 37.4 Å². The van der Waals surface area contributed by atoms with Gasteiger partial charge in [0.2, 0.25) is 0 Å². The summed E-state index contributed by atoms with van der Waals surface area (Å²) in [4.78, 5) is 27.6. The highest BCUT2D eigenvalue weighted by Crippen LogP contribution is 2.16. The van der Waals surface area contributed by atoms with Crippen molar-refractivity contribution in [1.29, 1.82) is 0 Å². The Morgan fingerprint density at radius 3 is 2.36 bits per heavy atom. The number of anilines is 1. The Labute approximate surface area is 145 Å². The Hall–Kier alpha value is -3.06. The van der Waals surface area contributed by atoms with Gasteiger partial charge >= 0.3 is 0 Å². The fourth-order valence-electron chi connectivity index (χ4n) is 2.92. The predicted molar refractivity (Wildman–Crippen MR) is 95.9 cm³/mol. The molecule has 7 heteroatoms. The van der Waals surface area contributed by atoms with Crippen LogP contribution in [0.15, 0.2) is 59.9 Å². The molecular formula is C18H18N6O. The molecule has 1 saturated heterocycles. The van der Waals surface area contributed by atoms with Gasteiger partial charge in [0.15, 0.2) is 11.6 Å². The van der Waals surface area contributed by atoms with Gasteiger partial charge in [-0.05, 0) is 30.3 Å². The smallest absolute Gasteiger partial charge is 0.298 e. The van der Waals surface area contributed by atoms with Crippen molar-refractivity contribution in [3.05, 3.63) is 65.5 Å². The number of piperazine rings is 1. The molecule has 0 spiro atoms. The molecule has 7 nitrogen and oxygen atoms in total. The maximum absolute atomic E-state index is 12.8. The van der Waals surface area contributed by atoms with Crippen LogP contribution in [-0.4, -0.2) is 45.7 Å². The molecule has 0 bridgehead atoms. The van der Waals surface area contributed by atoms with Gasteiger partial charge < -0.3 is 10.2 Å². The van der Waals surface area contributed by atoms with Crippen LogP contribution in [0.1, 0.15) is 0 Å². The second-order valence-electron chi connectivity index (χ2n) is 5.78. The summed E-state index contributed by atoms with van der Waals surface area (Å²) in [5.74, 6) is 1.16. The summed E-state index contributed by atoms with van der Waals surface area (Å²) in [7, 11) is 0. The first-order valence-corrected chi connectivity index (χ1v) is 8.24. The minimum atomic E-state index is -0.104. The Morgan fingerprint density at radius 2 is 1.64 bits per heavy atom. The van der Waals surface area contributed by atoms with E-state index in [9.17, 15) is 4.79 Å².